The summed E-state index contributed by atoms with van der Waals surface area (Å²) in [5, 5.41) is 0.286. The molecule has 0 aliphatic heterocycles. The van der Waals surface area contributed by atoms with Gasteiger partial charge in [0.15, 0.2) is 8.32 Å². The highest BCUT2D eigenvalue weighted by molar-refractivity contribution is 6.74. The van der Waals surface area contributed by atoms with E-state index in [1.54, 1.807) is 0 Å². The topological polar surface area (TPSA) is 9.23 Å². The highest BCUT2D eigenvalue weighted by Crippen LogP contribution is 2.89. The minimum atomic E-state index is -1.77. The van der Waals surface area contributed by atoms with E-state index in [4.69, 9.17) is 10.8 Å². The molecular formula is C36H62OSi. The van der Waals surface area contributed by atoms with Crippen LogP contribution in [0.2, 0.25) is 18.1 Å². The average Bonchev–Trinajstić information content (AvgIpc) is 3.40. The number of rotatable bonds is 6. The zero-order valence-corrected chi connectivity index (χ0v) is 28.2. The minimum absolute atomic E-state index is 0.286. The predicted octanol–water partition coefficient (Wildman–Crippen LogP) is 10.5. The molecule has 0 saturated heterocycles. The van der Waals surface area contributed by atoms with Crippen LogP contribution in [0.5, 0.6) is 0 Å². The summed E-state index contributed by atoms with van der Waals surface area (Å²) in [5.41, 5.74) is 2.58. The summed E-state index contributed by atoms with van der Waals surface area (Å²) in [4.78, 5) is 0. The quantitative estimate of drug-likeness (QED) is 0.241. The Bertz CT molecular complexity index is 967. The average molecular weight is 539 g/mol. The van der Waals surface area contributed by atoms with Gasteiger partial charge in [-0.25, -0.2) is 0 Å². The van der Waals surface area contributed by atoms with Crippen molar-refractivity contribution in [2.75, 3.05) is 0 Å². The lowest BCUT2D eigenvalue weighted by Gasteiger charge is -2.64. The molecule has 0 bridgehead atoms. The van der Waals surface area contributed by atoms with E-state index in [0.717, 1.165) is 23.7 Å². The fourth-order valence-electron chi connectivity index (χ4n) is 11.8. The molecule has 0 aromatic carbocycles. The van der Waals surface area contributed by atoms with Crippen molar-refractivity contribution in [3.05, 3.63) is 0 Å². The molecule has 5 aliphatic carbocycles. The minimum Gasteiger partial charge on any atom is -0.413 e. The second-order valence-corrected chi connectivity index (χ2v) is 22.8. The van der Waals surface area contributed by atoms with Crippen LogP contribution in [0.3, 0.4) is 0 Å². The summed E-state index contributed by atoms with van der Waals surface area (Å²) in [6.45, 7) is 27.7. The van der Waals surface area contributed by atoms with Crippen molar-refractivity contribution in [3.8, 4) is 12.3 Å². The van der Waals surface area contributed by atoms with Crippen LogP contribution in [-0.4, -0.2) is 14.4 Å². The highest BCUT2D eigenvalue weighted by atomic mass is 28.4. The van der Waals surface area contributed by atoms with Crippen molar-refractivity contribution in [2.24, 2.45) is 56.7 Å². The molecule has 216 valence electrons. The number of terminal acetylenes is 1. The van der Waals surface area contributed by atoms with E-state index in [2.05, 4.69) is 81.3 Å². The molecule has 2 spiro atoms. The number of hydrogen-bond acceptors (Lipinski definition) is 1. The van der Waals surface area contributed by atoms with Gasteiger partial charge < -0.3 is 4.43 Å². The second-order valence-electron chi connectivity index (χ2n) is 18.0. The Hall–Kier alpha value is -0.263. The third-order valence-electron chi connectivity index (χ3n) is 15.4. The van der Waals surface area contributed by atoms with Crippen LogP contribution in [0, 0.1) is 69.0 Å². The van der Waals surface area contributed by atoms with Gasteiger partial charge in [-0.2, -0.15) is 0 Å². The van der Waals surface area contributed by atoms with Crippen molar-refractivity contribution in [1.29, 1.82) is 0 Å². The largest absolute Gasteiger partial charge is 0.413 e. The highest BCUT2D eigenvalue weighted by Gasteiger charge is 2.82. The molecule has 0 amide bonds. The Kier molecular flexibility index (Phi) is 6.82. The van der Waals surface area contributed by atoms with Gasteiger partial charge in [0.25, 0.3) is 0 Å². The maximum Gasteiger partial charge on any atom is 0.192 e. The molecular weight excluding hydrogens is 476 g/mol. The van der Waals surface area contributed by atoms with Gasteiger partial charge in [-0.3, -0.25) is 0 Å². The summed E-state index contributed by atoms with van der Waals surface area (Å²) >= 11 is 0. The molecule has 0 heterocycles. The molecule has 0 N–H and O–H groups in total. The smallest absolute Gasteiger partial charge is 0.192 e. The summed E-state index contributed by atoms with van der Waals surface area (Å²) < 4.78 is 7.22. The van der Waals surface area contributed by atoms with Crippen LogP contribution in [0.25, 0.3) is 0 Å². The van der Waals surface area contributed by atoms with Gasteiger partial charge in [0, 0.05) is 5.92 Å². The van der Waals surface area contributed by atoms with E-state index in [1.807, 2.05) is 0 Å². The molecule has 0 aromatic heterocycles. The van der Waals surface area contributed by atoms with Crippen molar-refractivity contribution in [3.63, 3.8) is 0 Å². The molecule has 0 aromatic rings. The number of fused-ring (bicyclic) bond motifs is 2. The molecule has 1 nitrogen and oxygen atoms in total. The Balaban J connectivity index is 1.37. The number of hydrogen-bond donors (Lipinski definition) is 0. The van der Waals surface area contributed by atoms with Crippen LogP contribution < -0.4 is 0 Å². The van der Waals surface area contributed by atoms with E-state index in [-0.39, 0.29) is 5.04 Å². The van der Waals surface area contributed by atoms with Gasteiger partial charge in [-0.1, -0.05) is 62.3 Å². The van der Waals surface area contributed by atoms with Gasteiger partial charge in [-0.05, 0) is 140 Å². The first-order valence-corrected chi connectivity index (χ1v) is 19.5. The molecule has 0 radical (unpaired) electrons. The van der Waals surface area contributed by atoms with E-state index in [9.17, 15) is 0 Å². The second kappa shape index (κ2) is 8.87. The Morgan fingerprint density at radius 2 is 1.47 bits per heavy atom. The van der Waals surface area contributed by atoms with Gasteiger partial charge in [0.2, 0.25) is 0 Å². The van der Waals surface area contributed by atoms with Crippen LogP contribution in [0.15, 0.2) is 0 Å². The van der Waals surface area contributed by atoms with Gasteiger partial charge in [0.05, 0.1) is 6.10 Å². The Morgan fingerprint density at radius 3 is 2.11 bits per heavy atom. The Labute approximate surface area is 238 Å². The summed E-state index contributed by atoms with van der Waals surface area (Å²) in [5.74, 6) is 6.89. The third kappa shape index (κ3) is 3.79. The first kappa shape index (κ1) is 29.2. The molecule has 38 heavy (non-hydrogen) atoms. The first-order chi connectivity index (χ1) is 17.4. The van der Waals surface area contributed by atoms with Gasteiger partial charge >= 0.3 is 0 Å². The molecule has 10 unspecified atom stereocenters. The lowest BCUT2D eigenvalue weighted by Crippen LogP contribution is -2.59. The SMILES string of the molecule is C#CC(C)CCC(C)C1CCC2(C)C3CCC4C(C)(C)C(O[Si](C)(C)C(C)(C)C)CCC45CC35CCC12C. The van der Waals surface area contributed by atoms with Crippen molar-refractivity contribution < 1.29 is 4.43 Å². The van der Waals surface area contributed by atoms with Crippen molar-refractivity contribution >= 4 is 8.32 Å². The van der Waals surface area contributed by atoms with Crippen LogP contribution in [0.4, 0.5) is 0 Å². The van der Waals surface area contributed by atoms with Crippen LogP contribution >= 0.6 is 0 Å². The van der Waals surface area contributed by atoms with E-state index >= 15 is 0 Å². The fraction of sp³-hybridized carbons (Fsp3) is 0.944. The van der Waals surface area contributed by atoms with E-state index in [0.29, 0.717) is 39.1 Å². The zero-order chi connectivity index (χ0) is 28.2. The standard InChI is InChI=1S/C36H62OSi/c1-13-25(2)14-15-26(3)27-18-20-34(10)29-17-16-28-32(7,8)30(37-38(11,12)31(4,5)6)19-21-35(28)24-36(29,35)23-22-33(27,34)9/h1,25-30H,14-24H2,2-12H3. The van der Waals surface area contributed by atoms with Gasteiger partial charge in [0.1, 0.15) is 0 Å². The van der Waals surface area contributed by atoms with E-state index in [1.165, 1.54) is 70.6 Å². The molecule has 10 atom stereocenters. The molecule has 2 heteroatoms. The lowest BCUT2D eigenvalue weighted by atomic mass is 9.41. The predicted molar refractivity (Wildman–Crippen MR) is 165 cm³/mol. The molecule has 5 fully saturated rings. The third-order valence-corrected chi connectivity index (χ3v) is 19.9. The Morgan fingerprint density at radius 1 is 0.842 bits per heavy atom. The zero-order valence-electron chi connectivity index (χ0n) is 27.2. The van der Waals surface area contributed by atoms with Gasteiger partial charge in [-0.15, -0.1) is 12.3 Å². The lowest BCUT2D eigenvalue weighted by molar-refractivity contribution is -0.159. The summed E-state index contributed by atoms with van der Waals surface area (Å²) in [6, 6.07) is 0. The monoisotopic (exact) mass is 538 g/mol. The summed E-state index contributed by atoms with van der Waals surface area (Å²) in [6.07, 6.45) is 21.8. The van der Waals surface area contributed by atoms with E-state index < -0.39 is 8.32 Å². The van der Waals surface area contributed by atoms with Crippen LogP contribution in [-0.2, 0) is 4.43 Å². The maximum absolute atomic E-state index is 7.22. The normalized spacial score (nSPS) is 47.1. The molecule has 5 rings (SSSR count). The molecule has 5 saturated carbocycles. The fourth-order valence-corrected chi connectivity index (χ4v) is 13.3. The van der Waals surface area contributed by atoms with Crippen molar-refractivity contribution in [1.82, 2.24) is 0 Å². The van der Waals surface area contributed by atoms with Crippen LogP contribution in [0.1, 0.15) is 133 Å². The first-order valence-electron chi connectivity index (χ1n) is 16.6. The molecule has 5 aliphatic rings. The maximum atomic E-state index is 7.22. The summed E-state index contributed by atoms with van der Waals surface area (Å²) in [7, 11) is -1.77. The van der Waals surface area contributed by atoms with Crippen molar-refractivity contribution in [2.45, 2.75) is 157 Å².